The summed E-state index contributed by atoms with van der Waals surface area (Å²) < 4.78 is 30.0. The molecular formula is C24H33Cl2FN2O4. The van der Waals surface area contributed by atoms with Gasteiger partial charge in [0.1, 0.15) is 5.82 Å². The van der Waals surface area contributed by atoms with Crippen LogP contribution in [0.2, 0.25) is 0 Å². The molecule has 1 saturated heterocycles. The molecule has 1 aliphatic heterocycles. The number of benzene rings is 2. The first-order valence-electron chi connectivity index (χ1n) is 10.4. The predicted molar refractivity (Wildman–Crippen MR) is 135 cm³/mol. The van der Waals surface area contributed by atoms with E-state index in [0.717, 1.165) is 38.3 Å². The zero-order chi connectivity index (χ0) is 22.2. The van der Waals surface area contributed by atoms with Crippen molar-refractivity contribution in [2.75, 3.05) is 59.0 Å². The Morgan fingerprint density at radius 2 is 1.58 bits per heavy atom. The molecule has 33 heavy (non-hydrogen) atoms. The van der Waals surface area contributed by atoms with E-state index in [1.165, 1.54) is 6.07 Å². The normalized spacial score (nSPS) is 14.9. The van der Waals surface area contributed by atoms with Gasteiger partial charge in [0.2, 0.25) is 5.75 Å². The number of aliphatic hydroxyl groups is 1. The van der Waals surface area contributed by atoms with Gasteiger partial charge in [0.05, 0.1) is 33.1 Å². The van der Waals surface area contributed by atoms with Crippen molar-refractivity contribution in [1.29, 1.82) is 0 Å². The minimum absolute atomic E-state index is 0. The average Bonchev–Trinajstić information content (AvgIpc) is 2.81. The first-order chi connectivity index (χ1) is 15.0. The topological polar surface area (TPSA) is 54.4 Å². The monoisotopic (exact) mass is 502 g/mol. The van der Waals surface area contributed by atoms with Crippen molar-refractivity contribution in [3.63, 3.8) is 0 Å². The van der Waals surface area contributed by atoms with E-state index in [1.807, 2.05) is 30.3 Å². The molecule has 0 saturated carbocycles. The Balaban J connectivity index is 0.00000272. The molecule has 1 heterocycles. The Kier molecular flexibility index (Phi) is 12.4. The number of halogens is 3. The van der Waals surface area contributed by atoms with Crippen molar-refractivity contribution < 1.29 is 23.7 Å². The van der Waals surface area contributed by atoms with Gasteiger partial charge in [-0.1, -0.05) is 24.3 Å². The van der Waals surface area contributed by atoms with E-state index in [-0.39, 0.29) is 30.6 Å². The molecule has 0 aromatic heterocycles. The van der Waals surface area contributed by atoms with Crippen LogP contribution in [-0.4, -0.2) is 70.2 Å². The molecule has 2 aromatic rings. The summed E-state index contributed by atoms with van der Waals surface area (Å²) in [7, 11) is 4.72. The molecule has 1 atom stereocenters. The summed E-state index contributed by atoms with van der Waals surface area (Å²) in [5, 5.41) is 10.4. The number of para-hydroxylation sites is 1. The molecular weight excluding hydrogens is 470 g/mol. The standard InChI is InChI=1S/C24H31FN2O4.2ClH/c1-29-22-16-18(17-23(30-2)24(22)31-3)8-9-19(28)10-11-26-12-14-27(15-13-26)21-7-5-4-6-20(21)25;;/h4-9,16-17,19,28H,10-15H2,1-3H3;2*1H. The van der Waals surface area contributed by atoms with Gasteiger partial charge >= 0.3 is 0 Å². The summed E-state index contributed by atoms with van der Waals surface area (Å²) in [5.74, 6) is 1.51. The van der Waals surface area contributed by atoms with E-state index in [4.69, 9.17) is 14.2 Å². The van der Waals surface area contributed by atoms with E-state index in [2.05, 4.69) is 9.80 Å². The summed E-state index contributed by atoms with van der Waals surface area (Å²) in [6.45, 7) is 4.03. The van der Waals surface area contributed by atoms with Gasteiger partial charge in [-0.2, -0.15) is 0 Å². The Hall–Kier alpha value is -2.19. The van der Waals surface area contributed by atoms with Crippen LogP contribution in [0.15, 0.2) is 42.5 Å². The van der Waals surface area contributed by atoms with Crippen molar-refractivity contribution in [3.05, 3.63) is 53.9 Å². The quantitative estimate of drug-likeness (QED) is 0.552. The smallest absolute Gasteiger partial charge is 0.203 e. The number of ether oxygens (including phenoxy) is 3. The number of anilines is 1. The van der Waals surface area contributed by atoms with Crippen LogP contribution in [0.25, 0.3) is 6.08 Å². The molecule has 6 nitrogen and oxygen atoms in total. The summed E-state index contributed by atoms with van der Waals surface area (Å²) in [5.41, 5.74) is 1.52. The fourth-order valence-corrected chi connectivity index (χ4v) is 3.75. The molecule has 0 radical (unpaired) electrons. The molecule has 1 N–H and O–H groups in total. The fourth-order valence-electron chi connectivity index (χ4n) is 3.75. The minimum atomic E-state index is -0.566. The zero-order valence-electron chi connectivity index (χ0n) is 19.2. The Morgan fingerprint density at radius 1 is 0.970 bits per heavy atom. The SMILES string of the molecule is COc1cc(C=CC(O)CCN2CCN(c3ccccc3F)CC2)cc(OC)c1OC.Cl.Cl. The highest BCUT2D eigenvalue weighted by atomic mass is 35.5. The maximum Gasteiger partial charge on any atom is 0.203 e. The van der Waals surface area contributed by atoms with Crippen LogP contribution in [0, 0.1) is 5.82 Å². The third-order valence-corrected chi connectivity index (χ3v) is 5.50. The minimum Gasteiger partial charge on any atom is -0.493 e. The lowest BCUT2D eigenvalue weighted by Crippen LogP contribution is -2.47. The molecule has 1 unspecified atom stereocenters. The van der Waals surface area contributed by atoms with Crippen LogP contribution in [-0.2, 0) is 0 Å². The van der Waals surface area contributed by atoms with Gasteiger partial charge in [-0.25, -0.2) is 4.39 Å². The van der Waals surface area contributed by atoms with Gasteiger partial charge in [-0.3, -0.25) is 4.90 Å². The van der Waals surface area contributed by atoms with Crippen molar-refractivity contribution in [2.24, 2.45) is 0 Å². The number of hydrogen-bond acceptors (Lipinski definition) is 6. The van der Waals surface area contributed by atoms with Crippen LogP contribution in [0.1, 0.15) is 12.0 Å². The van der Waals surface area contributed by atoms with Gasteiger partial charge in [0.15, 0.2) is 11.5 Å². The lowest BCUT2D eigenvalue weighted by Gasteiger charge is -2.36. The molecule has 3 rings (SSSR count). The number of rotatable bonds is 9. The third-order valence-electron chi connectivity index (χ3n) is 5.50. The lowest BCUT2D eigenvalue weighted by molar-refractivity contribution is 0.173. The summed E-state index contributed by atoms with van der Waals surface area (Å²) in [6, 6.07) is 10.6. The van der Waals surface area contributed by atoms with Crippen LogP contribution in [0.5, 0.6) is 17.2 Å². The van der Waals surface area contributed by atoms with Gasteiger partial charge < -0.3 is 24.2 Å². The number of nitrogens with zero attached hydrogens (tertiary/aromatic N) is 2. The van der Waals surface area contributed by atoms with Crippen LogP contribution in [0.3, 0.4) is 0 Å². The van der Waals surface area contributed by atoms with Crippen molar-refractivity contribution in [3.8, 4) is 17.2 Å². The largest absolute Gasteiger partial charge is 0.493 e. The molecule has 0 spiro atoms. The van der Waals surface area contributed by atoms with Crippen LogP contribution < -0.4 is 19.1 Å². The third kappa shape index (κ3) is 7.67. The maximum absolute atomic E-state index is 14.0. The Morgan fingerprint density at radius 3 is 2.12 bits per heavy atom. The number of aliphatic hydroxyl groups excluding tert-OH is 1. The van der Waals surface area contributed by atoms with Gasteiger partial charge in [0.25, 0.3) is 0 Å². The lowest BCUT2D eigenvalue weighted by atomic mass is 10.1. The van der Waals surface area contributed by atoms with Crippen LogP contribution in [0.4, 0.5) is 10.1 Å². The summed E-state index contributed by atoms with van der Waals surface area (Å²) in [4.78, 5) is 4.38. The first kappa shape index (κ1) is 28.8. The molecule has 0 amide bonds. The fraction of sp³-hybridized carbons (Fsp3) is 0.417. The molecule has 1 aliphatic rings. The van der Waals surface area contributed by atoms with Gasteiger partial charge in [0, 0.05) is 32.7 Å². The van der Waals surface area contributed by atoms with E-state index >= 15 is 0 Å². The first-order valence-corrected chi connectivity index (χ1v) is 10.4. The molecule has 184 valence electrons. The van der Waals surface area contributed by atoms with E-state index < -0.39 is 6.10 Å². The highest BCUT2D eigenvalue weighted by Gasteiger charge is 2.19. The van der Waals surface area contributed by atoms with E-state index in [1.54, 1.807) is 33.5 Å². The molecule has 1 fully saturated rings. The van der Waals surface area contributed by atoms with Crippen molar-refractivity contribution in [1.82, 2.24) is 4.90 Å². The highest BCUT2D eigenvalue weighted by Crippen LogP contribution is 2.38. The molecule has 9 heteroatoms. The second kappa shape index (κ2) is 14.2. The molecule has 0 aliphatic carbocycles. The number of methoxy groups -OCH3 is 3. The summed E-state index contributed by atoms with van der Waals surface area (Å²) >= 11 is 0. The Labute approximate surface area is 207 Å². The van der Waals surface area contributed by atoms with Crippen molar-refractivity contribution in [2.45, 2.75) is 12.5 Å². The second-order valence-electron chi connectivity index (χ2n) is 7.45. The predicted octanol–water partition coefficient (Wildman–Crippen LogP) is 4.28. The van der Waals surface area contributed by atoms with Crippen molar-refractivity contribution >= 4 is 36.6 Å². The summed E-state index contributed by atoms with van der Waals surface area (Å²) in [6.07, 6.45) is 3.69. The maximum atomic E-state index is 14.0. The number of hydrogen-bond donors (Lipinski definition) is 1. The molecule has 0 bridgehead atoms. The van der Waals surface area contributed by atoms with Crippen LogP contribution >= 0.6 is 24.8 Å². The molecule has 2 aromatic carbocycles. The van der Waals surface area contributed by atoms with E-state index in [0.29, 0.717) is 29.4 Å². The second-order valence-corrected chi connectivity index (χ2v) is 7.45. The Bertz CT molecular complexity index is 868. The number of piperazine rings is 1. The van der Waals surface area contributed by atoms with Gasteiger partial charge in [-0.15, -0.1) is 24.8 Å². The highest BCUT2D eigenvalue weighted by molar-refractivity contribution is 5.85. The van der Waals surface area contributed by atoms with E-state index in [9.17, 15) is 9.50 Å². The van der Waals surface area contributed by atoms with Gasteiger partial charge in [-0.05, 0) is 36.2 Å². The average molecular weight is 503 g/mol. The zero-order valence-corrected chi connectivity index (χ0v) is 20.8.